The van der Waals surface area contributed by atoms with E-state index < -0.39 is 0 Å². The molecular weight excluding hydrogens is 322 g/mol. The Hall–Kier alpha value is -1.86. The van der Waals surface area contributed by atoms with Crippen molar-refractivity contribution in [2.24, 2.45) is 0 Å². The molecule has 0 saturated carbocycles. The molecule has 0 radical (unpaired) electrons. The lowest BCUT2D eigenvalue weighted by Gasteiger charge is -2.10. The number of nitro groups is 1. The molecule has 0 bridgehead atoms. The second-order valence-electron chi connectivity index (χ2n) is 4.58. The molecule has 0 aliphatic rings. The predicted octanol–water partition coefficient (Wildman–Crippen LogP) is 3.83. The fraction of sp³-hybridized carbons (Fsp3) is 0.267. The number of methoxy groups -OCH3 is 1. The minimum atomic E-state index is -0.367. The smallest absolute Gasteiger partial charge is 0.211 e. The molecule has 0 aliphatic heterocycles. The summed E-state index contributed by atoms with van der Waals surface area (Å²) in [6.07, 6.45) is 0.151. The number of hydrogen-bond donors (Lipinski definition) is 0. The van der Waals surface area contributed by atoms with E-state index in [4.69, 9.17) is 4.74 Å². The van der Waals surface area contributed by atoms with Gasteiger partial charge in [-0.25, -0.2) is 0 Å². The summed E-state index contributed by atoms with van der Waals surface area (Å²) in [5.74, 6) is 0.356. The van der Waals surface area contributed by atoms with Crippen molar-refractivity contribution >= 4 is 28.2 Å². The third-order valence-electron chi connectivity index (χ3n) is 3.02. The topological polar surface area (TPSA) is 69.4 Å². The van der Waals surface area contributed by atoms with Crippen LogP contribution >= 0.6 is 23.1 Å². The van der Waals surface area contributed by atoms with Gasteiger partial charge in [-0.2, -0.15) is 0 Å². The zero-order valence-electron chi connectivity index (χ0n) is 11.9. The van der Waals surface area contributed by atoms with Gasteiger partial charge in [0.1, 0.15) is 5.75 Å². The average Bonchev–Trinajstić information content (AvgIpc) is 3.01. The highest BCUT2D eigenvalue weighted by molar-refractivity contribution is 8.13. The van der Waals surface area contributed by atoms with E-state index in [1.54, 1.807) is 31.4 Å². The van der Waals surface area contributed by atoms with Gasteiger partial charge in [-0.15, -0.1) is 11.3 Å². The second kappa shape index (κ2) is 7.95. The summed E-state index contributed by atoms with van der Waals surface area (Å²) in [7, 11) is 1.58. The van der Waals surface area contributed by atoms with Gasteiger partial charge in [0, 0.05) is 21.1 Å². The number of carbonyl (C=O) groups is 1. The molecule has 5 nitrogen and oxygen atoms in total. The Morgan fingerprint density at radius 3 is 2.64 bits per heavy atom. The van der Waals surface area contributed by atoms with Gasteiger partial charge in [0.15, 0.2) is 5.12 Å². The molecule has 1 aromatic heterocycles. The van der Waals surface area contributed by atoms with Gasteiger partial charge in [0.05, 0.1) is 13.0 Å². The normalized spacial score (nSPS) is 11.9. The van der Waals surface area contributed by atoms with E-state index in [1.807, 2.05) is 17.5 Å². The maximum Gasteiger partial charge on any atom is 0.211 e. The van der Waals surface area contributed by atoms with E-state index in [9.17, 15) is 14.9 Å². The van der Waals surface area contributed by atoms with Crippen molar-refractivity contribution in [1.82, 2.24) is 0 Å². The number of thiophene rings is 1. The first kappa shape index (κ1) is 16.5. The van der Waals surface area contributed by atoms with Crippen LogP contribution in [0.1, 0.15) is 17.2 Å². The SMILES string of the molecule is COc1ccc(SC(=O)C[C@@H](C[N+](=O)[O-])c2cccs2)cc1. The number of carbonyl (C=O) groups excluding carboxylic acids is 1. The Morgan fingerprint density at radius 1 is 1.36 bits per heavy atom. The van der Waals surface area contributed by atoms with Crippen LogP contribution in [0.2, 0.25) is 0 Å². The van der Waals surface area contributed by atoms with Crippen molar-refractivity contribution in [2.45, 2.75) is 17.2 Å². The predicted molar refractivity (Wildman–Crippen MR) is 87.4 cm³/mol. The van der Waals surface area contributed by atoms with Crippen LogP contribution in [0.15, 0.2) is 46.7 Å². The lowest BCUT2D eigenvalue weighted by Crippen LogP contribution is -2.14. The van der Waals surface area contributed by atoms with Crippen LogP contribution in [-0.4, -0.2) is 23.7 Å². The molecule has 1 atom stereocenters. The number of thioether (sulfide) groups is 1. The van der Waals surface area contributed by atoms with Crippen molar-refractivity contribution in [2.75, 3.05) is 13.7 Å². The number of rotatable bonds is 7. The lowest BCUT2D eigenvalue weighted by atomic mass is 10.1. The monoisotopic (exact) mass is 337 g/mol. The molecule has 0 fully saturated rings. The molecule has 0 spiro atoms. The van der Waals surface area contributed by atoms with Gasteiger partial charge in [-0.1, -0.05) is 17.8 Å². The number of nitrogens with zero attached hydrogens (tertiary/aromatic N) is 1. The van der Waals surface area contributed by atoms with Crippen molar-refractivity contribution < 1.29 is 14.5 Å². The first-order chi connectivity index (χ1) is 10.6. The molecular formula is C15H15NO4S2. The summed E-state index contributed by atoms with van der Waals surface area (Å²) < 4.78 is 5.06. The maximum atomic E-state index is 12.2. The minimum absolute atomic E-state index is 0.0783. The standard InChI is InChI=1S/C15H15NO4S2/c1-20-12-4-6-13(7-5-12)22-15(17)9-11(10-16(18)19)14-3-2-8-21-14/h2-8,11H,9-10H2,1H3/t11-/m0/s1. The second-order valence-corrected chi connectivity index (χ2v) is 6.69. The van der Waals surface area contributed by atoms with E-state index in [0.717, 1.165) is 27.3 Å². The van der Waals surface area contributed by atoms with E-state index in [0.29, 0.717) is 0 Å². The van der Waals surface area contributed by atoms with Gasteiger partial charge >= 0.3 is 0 Å². The van der Waals surface area contributed by atoms with Crippen LogP contribution in [0.4, 0.5) is 0 Å². The number of benzene rings is 1. The molecule has 0 amide bonds. The molecule has 116 valence electrons. The van der Waals surface area contributed by atoms with Crippen LogP contribution < -0.4 is 4.74 Å². The van der Waals surface area contributed by atoms with E-state index >= 15 is 0 Å². The molecule has 22 heavy (non-hydrogen) atoms. The van der Waals surface area contributed by atoms with Gasteiger partial charge in [-0.3, -0.25) is 14.9 Å². The molecule has 0 unspecified atom stereocenters. The lowest BCUT2D eigenvalue weighted by molar-refractivity contribution is -0.483. The molecule has 2 aromatic rings. The Labute approximate surface area is 136 Å². The summed E-state index contributed by atoms with van der Waals surface area (Å²) in [6, 6.07) is 10.8. The highest BCUT2D eigenvalue weighted by Crippen LogP contribution is 2.30. The van der Waals surface area contributed by atoms with Crippen molar-refractivity contribution in [3.8, 4) is 5.75 Å². The van der Waals surface area contributed by atoms with E-state index in [1.165, 1.54) is 11.3 Å². The molecule has 7 heteroatoms. The van der Waals surface area contributed by atoms with Gasteiger partial charge in [0.25, 0.3) is 0 Å². The molecule has 0 N–H and O–H groups in total. The average molecular weight is 337 g/mol. The van der Waals surface area contributed by atoms with Crippen molar-refractivity contribution in [3.05, 3.63) is 56.8 Å². The zero-order chi connectivity index (χ0) is 15.9. The van der Waals surface area contributed by atoms with Gasteiger partial charge in [0.2, 0.25) is 6.54 Å². The first-order valence-electron chi connectivity index (χ1n) is 6.58. The van der Waals surface area contributed by atoms with E-state index in [2.05, 4.69) is 0 Å². The summed E-state index contributed by atoms with van der Waals surface area (Å²) in [5, 5.41) is 12.6. The number of hydrogen-bond acceptors (Lipinski definition) is 6. The highest BCUT2D eigenvalue weighted by Gasteiger charge is 2.22. The molecule has 1 heterocycles. The molecule has 1 aromatic carbocycles. The zero-order valence-corrected chi connectivity index (χ0v) is 13.6. The summed E-state index contributed by atoms with van der Waals surface area (Å²) in [6.45, 7) is -0.227. The Morgan fingerprint density at radius 2 is 2.09 bits per heavy atom. The quantitative estimate of drug-likeness (QED) is 0.436. The Kier molecular flexibility index (Phi) is 5.97. The largest absolute Gasteiger partial charge is 0.497 e. The fourth-order valence-corrected chi connectivity index (χ4v) is 3.62. The van der Waals surface area contributed by atoms with Crippen LogP contribution in [0.5, 0.6) is 5.75 Å². The van der Waals surface area contributed by atoms with Gasteiger partial charge in [-0.05, 0) is 35.7 Å². The molecule has 2 rings (SSSR count). The molecule has 0 aliphatic carbocycles. The van der Waals surface area contributed by atoms with E-state index in [-0.39, 0.29) is 28.9 Å². The van der Waals surface area contributed by atoms with Crippen LogP contribution in [0.25, 0.3) is 0 Å². The van der Waals surface area contributed by atoms with Crippen LogP contribution in [0.3, 0.4) is 0 Å². The van der Waals surface area contributed by atoms with Crippen molar-refractivity contribution in [1.29, 1.82) is 0 Å². The first-order valence-corrected chi connectivity index (χ1v) is 8.28. The maximum absolute atomic E-state index is 12.2. The summed E-state index contributed by atoms with van der Waals surface area (Å²) in [4.78, 5) is 24.3. The Bertz CT molecular complexity index is 626. The number of ether oxygens (including phenoxy) is 1. The third-order valence-corrected chi connectivity index (χ3v) is 4.96. The Balaban J connectivity index is 1.99. The van der Waals surface area contributed by atoms with Gasteiger partial charge < -0.3 is 4.74 Å². The summed E-state index contributed by atoms with van der Waals surface area (Å²) >= 11 is 2.55. The third kappa shape index (κ3) is 4.85. The van der Waals surface area contributed by atoms with Crippen LogP contribution in [-0.2, 0) is 4.79 Å². The van der Waals surface area contributed by atoms with Crippen LogP contribution in [0, 0.1) is 10.1 Å². The molecule has 0 saturated heterocycles. The summed E-state index contributed by atoms with van der Waals surface area (Å²) in [5.41, 5.74) is 0. The minimum Gasteiger partial charge on any atom is -0.497 e. The highest BCUT2D eigenvalue weighted by atomic mass is 32.2. The van der Waals surface area contributed by atoms with Crippen molar-refractivity contribution in [3.63, 3.8) is 0 Å². The fourth-order valence-electron chi connectivity index (χ4n) is 1.98.